The Hall–Kier alpha value is -3.16. The second kappa shape index (κ2) is 7.21. The van der Waals surface area contributed by atoms with E-state index in [4.69, 9.17) is 4.74 Å². The van der Waals surface area contributed by atoms with Crippen molar-refractivity contribution in [3.05, 3.63) is 53.6 Å². The third kappa shape index (κ3) is 4.67. The Morgan fingerprint density at radius 2 is 1.87 bits per heavy atom. The number of hydrazine groups is 1. The molecule has 2 rings (SSSR count). The predicted molar refractivity (Wildman–Crippen MR) is 78.3 cm³/mol. The molecule has 1 heterocycles. The number of benzene rings is 1. The number of ketones is 1. The highest BCUT2D eigenvalue weighted by atomic mass is 19.1. The summed E-state index contributed by atoms with van der Waals surface area (Å²) in [7, 11) is 0. The van der Waals surface area contributed by atoms with Crippen molar-refractivity contribution in [1.82, 2.24) is 15.8 Å². The van der Waals surface area contributed by atoms with E-state index in [2.05, 4.69) is 15.8 Å². The Labute approximate surface area is 130 Å². The molecule has 23 heavy (non-hydrogen) atoms. The van der Waals surface area contributed by atoms with Crippen molar-refractivity contribution in [1.29, 1.82) is 0 Å². The monoisotopic (exact) mass is 319 g/mol. The van der Waals surface area contributed by atoms with Gasteiger partial charge in [0.2, 0.25) is 0 Å². The highest BCUT2D eigenvalue weighted by molar-refractivity contribution is 5.99. The number of hydrogen-bond acceptors (Lipinski definition) is 4. The van der Waals surface area contributed by atoms with E-state index in [0.29, 0.717) is 11.3 Å². The van der Waals surface area contributed by atoms with Gasteiger partial charge in [0.25, 0.3) is 11.8 Å². The minimum atomic E-state index is -0.604. The number of nitrogens with one attached hydrogen (secondary N) is 3. The molecule has 120 valence electrons. The summed E-state index contributed by atoms with van der Waals surface area (Å²) in [5.74, 6) is -1.47. The summed E-state index contributed by atoms with van der Waals surface area (Å²) in [6, 6.07) is 6.53. The van der Waals surface area contributed by atoms with E-state index in [1.54, 1.807) is 0 Å². The summed E-state index contributed by atoms with van der Waals surface area (Å²) in [6.45, 7) is 1.02. The van der Waals surface area contributed by atoms with Crippen molar-refractivity contribution in [2.45, 2.75) is 6.92 Å². The highest BCUT2D eigenvalue weighted by Crippen LogP contribution is 2.10. The van der Waals surface area contributed by atoms with Crippen LogP contribution in [-0.2, 0) is 4.79 Å². The van der Waals surface area contributed by atoms with Crippen molar-refractivity contribution in [2.24, 2.45) is 0 Å². The lowest BCUT2D eigenvalue weighted by atomic mass is 10.2. The fourth-order valence-electron chi connectivity index (χ4n) is 1.64. The van der Waals surface area contributed by atoms with E-state index in [-0.39, 0.29) is 18.1 Å². The number of carbonyl (C=O) groups excluding carboxylic acids is 3. The molecular formula is C15H14FN3O4. The summed E-state index contributed by atoms with van der Waals surface area (Å²) < 4.78 is 17.8. The van der Waals surface area contributed by atoms with Crippen LogP contribution in [0.15, 0.2) is 36.5 Å². The summed E-state index contributed by atoms with van der Waals surface area (Å²) in [4.78, 5) is 37.0. The van der Waals surface area contributed by atoms with E-state index in [1.165, 1.54) is 43.5 Å². The second-order valence-electron chi connectivity index (χ2n) is 4.60. The maximum absolute atomic E-state index is 12.7. The molecule has 7 nitrogen and oxygen atoms in total. The van der Waals surface area contributed by atoms with Gasteiger partial charge in [-0.3, -0.25) is 25.2 Å². The quantitative estimate of drug-likeness (QED) is 0.569. The Balaban J connectivity index is 1.78. The van der Waals surface area contributed by atoms with Gasteiger partial charge in [-0.25, -0.2) is 4.39 Å². The molecule has 0 unspecified atom stereocenters. The smallest absolute Gasteiger partial charge is 0.286 e. The molecule has 0 bridgehead atoms. The summed E-state index contributed by atoms with van der Waals surface area (Å²) >= 11 is 0. The van der Waals surface area contributed by atoms with Crippen LogP contribution in [0.2, 0.25) is 0 Å². The Bertz CT molecular complexity index is 725. The number of hydrogen-bond donors (Lipinski definition) is 3. The van der Waals surface area contributed by atoms with Crippen molar-refractivity contribution in [3.63, 3.8) is 0 Å². The van der Waals surface area contributed by atoms with Gasteiger partial charge in [0, 0.05) is 11.8 Å². The molecule has 1 aromatic carbocycles. The summed E-state index contributed by atoms with van der Waals surface area (Å²) in [5, 5.41) is 0. The maximum Gasteiger partial charge on any atom is 0.286 e. The number of halogens is 1. The van der Waals surface area contributed by atoms with Crippen LogP contribution in [0.5, 0.6) is 5.75 Å². The Kier molecular flexibility index (Phi) is 5.08. The van der Waals surface area contributed by atoms with Gasteiger partial charge in [0.1, 0.15) is 17.3 Å². The first kappa shape index (κ1) is 16.2. The Morgan fingerprint density at radius 3 is 2.48 bits per heavy atom. The molecule has 3 N–H and O–H groups in total. The lowest BCUT2D eigenvalue weighted by molar-refractivity contribution is -0.123. The molecule has 1 aromatic heterocycles. The zero-order valence-electron chi connectivity index (χ0n) is 12.2. The van der Waals surface area contributed by atoms with Crippen LogP contribution in [0.3, 0.4) is 0 Å². The third-order valence-electron chi connectivity index (χ3n) is 2.83. The number of carbonyl (C=O) groups is 3. The van der Waals surface area contributed by atoms with Crippen LogP contribution < -0.4 is 15.6 Å². The largest absolute Gasteiger partial charge is 0.484 e. The summed E-state index contributed by atoms with van der Waals surface area (Å²) in [5.41, 5.74) is 4.83. The maximum atomic E-state index is 12.7. The molecule has 0 aliphatic carbocycles. The average Bonchev–Trinajstić information content (AvgIpc) is 3.02. The summed E-state index contributed by atoms with van der Waals surface area (Å²) in [6.07, 6.45) is 1.40. The molecular weight excluding hydrogens is 305 g/mol. The van der Waals surface area contributed by atoms with E-state index < -0.39 is 17.6 Å². The zero-order chi connectivity index (χ0) is 16.8. The van der Waals surface area contributed by atoms with Crippen LogP contribution >= 0.6 is 0 Å². The minimum Gasteiger partial charge on any atom is -0.484 e. The molecule has 0 radical (unpaired) electrons. The first-order valence-electron chi connectivity index (χ1n) is 6.62. The molecule has 8 heteroatoms. The van der Waals surface area contributed by atoms with E-state index in [9.17, 15) is 18.8 Å². The molecule has 2 aromatic rings. The molecule has 0 aliphatic heterocycles. The van der Waals surface area contributed by atoms with Crippen LogP contribution in [0.4, 0.5) is 4.39 Å². The number of amides is 2. The van der Waals surface area contributed by atoms with Crippen molar-refractivity contribution < 1.29 is 23.5 Å². The zero-order valence-corrected chi connectivity index (χ0v) is 12.2. The van der Waals surface area contributed by atoms with Crippen LogP contribution in [0.1, 0.15) is 27.8 Å². The predicted octanol–water partition coefficient (Wildman–Crippen LogP) is 1.20. The number of rotatable bonds is 5. The molecule has 0 atom stereocenters. The van der Waals surface area contributed by atoms with E-state index in [1.807, 2.05) is 0 Å². The van der Waals surface area contributed by atoms with Gasteiger partial charge in [-0.2, -0.15) is 0 Å². The van der Waals surface area contributed by atoms with Gasteiger partial charge >= 0.3 is 0 Å². The third-order valence-corrected chi connectivity index (χ3v) is 2.83. The Morgan fingerprint density at radius 1 is 1.17 bits per heavy atom. The standard InChI is InChI=1S/C15H14FN3O4/c1-9(20)10-6-13(17-7-10)15(22)19-18-14(21)8-23-12-4-2-11(16)3-5-12/h2-7,17H,8H2,1H3,(H,18,21)(H,19,22). The molecule has 0 fully saturated rings. The highest BCUT2D eigenvalue weighted by Gasteiger charge is 2.11. The first-order chi connectivity index (χ1) is 11.0. The topological polar surface area (TPSA) is 100 Å². The van der Waals surface area contributed by atoms with Crippen molar-refractivity contribution in [3.8, 4) is 5.75 Å². The average molecular weight is 319 g/mol. The second-order valence-corrected chi connectivity index (χ2v) is 4.60. The molecule has 0 spiro atoms. The first-order valence-corrected chi connectivity index (χ1v) is 6.62. The lowest BCUT2D eigenvalue weighted by Crippen LogP contribution is -2.43. The molecule has 2 amide bonds. The van der Waals surface area contributed by atoms with Gasteiger partial charge in [0.15, 0.2) is 12.4 Å². The lowest BCUT2D eigenvalue weighted by Gasteiger charge is -2.08. The minimum absolute atomic E-state index is 0.134. The molecule has 0 saturated carbocycles. The van der Waals surface area contributed by atoms with Crippen molar-refractivity contribution in [2.75, 3.05) is 6.61 Å². The van der Waals surface area contributed by atoms with Crippen LogP contribution in [0, 0.1) is 5.82 Å². The molecule has 0 aliphatic rings. The van der Waals surface area contributed by atoms with E-state index in [0.717, 1.165) is 0 Å². The number of ether oxygens (including phenoxy) is 1. The van der Waals surface area contributed by atoms with Crippen LogP contribution in [0.25, 0.3) is 0 Å². The molecule has 0 saturated heterocycles. The number of aromatic amines is 1. The van der Waals surface area contributed by atoms with Gasteiger partial charge in [-0.15, -0.1) is 0 Å². The van der Waals surface area contributed by atoms with Gasteiger partial charge in [-0.05, 0) is 37.3 Å². The van der Waals surface area contributed by atoms with Gasteiger partial charge in [-0.1, -0.05) is 0 Å². The van der Waals surface area contributed by atoms with E-state index >= 15 is 0 Å². The fraction of sp³-hybridized carbons (Fsp3) is 0.133. The normalized spacial score (nSPS) is 10.0. The number of H-pyrrole nitrogens is 1. The SMILES string of the molecule is CC(=O)c1c[nH]c(C(=O)NNC(=O)COc2ccc(F)cc2)c1. The van der Waals surface area contributed by atoms with Gasteiger partial charge in [0.05, 0.1) is 0 Å². The van der Waals surface area contributed by atoms with Crippen LogP contribution in [-0.4, -0.2) is 29.2 Å². The number of aromatic nitrogens is 1. The van der Waals surface area contributed by atoms with Crippen molar-refractivity contribution >= 4 is 17.6 Å². The van der Waals surface area contributed by atoms with Gasteiger partial charge < -0.3 is 9.72 Å². The fourth-order valence-corrected chi connectivity index (χ4v) is 1.64. The number of Topliss-reactive ketones (excluding diaryl/α,β-unsaturated/α-hetero) is 1.